The third-order valence-corrected chi connectivity index (χ3v) is 2.48. The second-order valence-corrected chi connectivity index (χ2v) is 3.55. The molecule has 0 atom stereocenters. The summed E-state index contributed by atoms with van der Waals surface area (Å²) in [4.78, 5) is 24.5. The summed E-state index contributed by atoms with van der Waals surface area (Å²) >= 11 is 0. The number of rotatable bonds is 3. The van der Waals surface area contributed by atoms with Gasteiger partial charge in [-0.3, -0.25) is 10.1 Å². The molecule has 0 unspecified atom stereocenters. The number of carbonyl (C=O) groups is 1. The van der Waals surface area contributed by atoms with Gasteiger partial charge in [0.2, 0.25) is 0 Å². The van der Waals surface area contributed by atoms with Crippen molar-refractivity contribution >= 4 is 11.7 Å². The highest BCUT2D eigenvalue weighted by molar-refractivity contribution is 5.89. The molecule has 0 bridgehead atoms. The van der Waals surface area contributed by atoms with E-state index in [0.717, 1.165) is 0 Å². The van der Waals surface area contributed by atoms with Gasteiger partial charge >= 0.3 is 5.97 Å². The van der Waals surface area contributed by atoms with Gasteiger partial charge < -0.3 is 9.72 Å². The number of hydrogen-bond donors (Lipinski definition) is 1. The fourth-order valence-corrected chi connectivity index (χ4v) is 1.64. The third-order valence-electron chi connectivity index (χ3n) is 2.48. The molecule has 1 aromatic heterocycles. The number of para-hydroxylation sites is 1. The average molecular weight is 246 g/mol. The second-order valence-electron chi connectivity index (χ2n) is 3.55. The van der Waals surface area contributed by atoms with E-state index >= 15 is 0 Å². The number of nitro benzene ring substituents is 1. The van der Waals surface area contributed by atoms with Gasteiger partial charge in [0.25, 0.3) is 5.69 Å². The summed E-state index contributed by atoms with van der Waals surface area (Å²) in [5.41, 5.74) is 1.17. The number of hydrogen-bond acceptors (Lipinski definition) is 4. The van der Waals surface area contributed by atoms with Crippen LogP contribution >= 0.6 is 0 Å². The van der Waals surface area contributed by atoms with Crippen molar-refractivity contribution in [3.05, 3.63) is 52.2 Å². The Kier molecular flexibility index (Phi) is 3.09. The summed E-state index contributed by atoms with van der Waals surface area (Å²) in [7, 11) is 1.27. The van der Waals surface area contributed by atoms with Gasteiger partial charge in [0.1, 0.15) is 5.69 Å². The lowest BCUT2D eigenvalue weighted by Crippen LogP contribution is -2.01. The van der Waals surface area contributed by atoms with Crippen LogP contribution in [0.5, 0.6) is 0 Å². The molecule has 0 saturated heterocycles. The van der Waals surface area contributed by atoms with Gasteiger partial charge in [-0.1, -0.05) is 12.1 Å². The van der Waals surface area contributed by atoms with Crippen LogP contribution in [-0.4, -0.2) is 23.0 Å². The van der Waals surface area contributed by atoms with Crippen LogP contribution in [0.3, 0.4) is 0 Å². The van der Waals surface area contributed by atoms with E-state index in [4.69, 9.17) is 0 Å². The molecule has 1 N–H and O–H groups in total. The first-order chi connectivity index (χ1) is 8.63. The number of H-pyrrole nitrogens is 1. The molecule has 0 amide bonds. The number of nitrogens with one attached hydrogen (secondary N) is 1. The van der Waals surface area contributed by atoms with Crippen molar-refractivity contribution in [2.75, 3.05) is 7.11 Å². The van der Waals surface area contributed by atoms with E-state index in [9.17, 15) is 14.9 Å². The van der Waals surface area contributed by atoms with Crippen LogP contribution in [0.1, 0.15) is 10.5 Å². The zero-order valence-electron chi connectivity index (χ0n) is 9.54. The molecule has 18 heavy (non-hydrogen) atoms. The van der Waals surface area contributed by atoms with Gasteiger partial charge in [-0.25, -0.2) is 4.79 Å². The summed E-state index contributed by atoms with van der Waals surface area (Å²) in [6, 6.07) is 9.44. The maximum atomic E-state index is 11.3. The van der Waals surface area contributed by atoms with E-state index < -0.39 is 10.9 Å². The summed E-state index contributed by atoms with van der Waals surface area (Å²) < 4.78 is 4.56. The lowest BCUT2D eigenvalue weighted by atomic mass is 10.1. The molecule has 0 saturated carbocycles. The number of nitro groups is 1. The summed E-state index contributed by atoms with van der Waals surface area (Å²) in [6.07, 6.45) is 0. The van der Waals surface area contributed by atoms with Crippen molar-refractivity contribution < 1.29 is 14.5 Å². The van der Waals surface area contributed by atoms with E-state index in [1.807, 2.05) is 0 Å². The van der Waals surface area contributed by atoms with Gasteiger partial charge in [0, 0.05) is 6.07 Å². The van der Waals surface area contributed by atoms with Crippen molar-refractivity contribution in [1.82, 2.24) is 4.98 Å². The maximum Gasteiger partial charge on any atom is 0.354 e. The van der Waals surface area contributed by atoms with E-state index in [-0.39, 0.29) is 11.4 Å². The Labute approximate surface area is 102 Å². The standard InChI is InChI=1S/C12H10N2O4/c1-18-12(15)10-7-6-9(13-10)8-4-2-3-5-11(8)14(16)17/h2-7,13H,1H3. The van der Waals surface area contributed by atoms with Crippen molar-refractivity contribution in [3.63, 3.8) is 0 Å². The molecule has 1 aromatic carbocycles. The minimum atomic E-state index is -0.514. The Hall–Kier alpha value is -2.63. The summed E-state index contributed by atoms with van der Waals surface area (Å²) in [6.45, 7) is 0. The van der Waals surface area contributed by atoms with Gasteiger partial charge in [0.15, 0.2) is 0 Å². The topological polar surface area (TPSA) is 85.2 Å². The second kappa shape index (κ2) is 4.70. The number of aromatic nitrogens is 1. The van der Waals surface area contributed by atoms with E-state index in [1.54, 1.807) is 24.3 Å². The number of methoxy groups -OCH3 is 1. The van der Waals surface area contributed by atoms with Gasteiger partial charge in [0.05, 0.1) is 23.3 Å². The lowest BCUT2D eigenvalue weighted by Gasteiger charge is -2.00. The van der Waals surface area contributed by atoms with Crippen LogP contribution in [0.15, 0.2) is 36.4 Å². The highest BCUT2D eigenvalue weighted by Crippen LogP contribution is 2.28. The first-order valence-electron chi connectivity index (χ1n) is 5.14. The van der Waals surface area contributed by atoms with Crippen LogP contribution in [0.2, 0.25) is 0 Å². The van der Waals surface area contributed by atoms with Gasteiger partial charge in [-0.2, -0.15) is 0 Å². The molecule has 2 rings (SSSR count). The molecule has 0 aliphatic carbocycles. The predicted molar refractivity (Wildman–Crippen MR) is 64.2 cm³/mol. The number of benzene rings is 1. The normalized spacial score (nSPS) is 10.1. The summed E-state index contributed by atoms with van der Waals surface area (Å²) in [5.74, 6) is -0.514. The van der Waals surface area contributed by atoms with E-state index in [0.29, 0.717) is 11.3 Å². The maximum absolute atomic E-state index is 11.3. The number of aromatic amines is 1. The Bertz CT molecular complexity index is 604. The van der Waals surface area contributed by atoms with Gasteiger partial charge in [-0.05, 0) is 18.2 Å². The first kappa shape index (κ1) is 11.8. The van der Waals surface area contributed by atoms with Crippen LogP contribution in [0.4, 0.5) is 5.69 Å². The van der Waals surface area contributed by atoms with Crippen LogP contribution in [0, 0.1) is 10.1 Å². The largest absolute Gasteiger partial charge is 0.464 e. The predicted octanol–water partition coefficient (Wildman–Crippen LogP) is 2.38. The minimum absolute atomic E-state index is 0.0178. The Morgan fingerprint density at radius 2 is 2.00 bits per heavy atom. The molecule has 1 heterocycles. The SMILES string of the molecule is COC(=O)c1ccc(-c2ccccc2[N+](=O)[O-])[nH]1. The number of carbonyl (C=O) groups excluding carboxylic acids is 1. The molecule has 0 fully saturated rings. The molecular formula is C12H10N2O4. The van der Waals surface area contributed by atoms with Crippen molar-refractivity contribution in [1.29, 1.82) is 0 Å². The monoisotopic (exact) mass is 246 g/mol. The molecular weight excluding hydrogens is 236 g/mol. The Morgan fingerprint density at radius 3 is 2.67 bits per heavy atom. The molecule has 0 aliphatic heterocycles. The zero-order valence-corrected chi connectivity index (χ0v) is 9.54. The zero-order chi connectivity index (χ0) is 13.1. The fraction of sp³-hybridized carbons (Fsp3) is 0.0833. The fourth-order valence-electron chi connectivity index (χ4n) is 1.64. The average Bonchev–Trinajstić information content (AvgIpc) is 2.87. The Balaban J connectivity index is 2.46. The molecule has 6 heteroatoms. The molecule has 6 nitrogen and oxygen atoms in total. The Morgan fingerprint density at radius 1 is 1.28 bits per heavy atom. The van der Waals surface area contributed by atoms with Crippen molar-refractivity contribution in [2.45, 2.75) is 0 Å². The van der Waals surface area contributed by atoms with E-state index in [2.05, 4.69) is 9.72 Å². The quantitative estimate of drug-likeness (QED) is 0.511. The highest BCUT2D eigenvalue weighted by atomic mass is 16.6. The number of ether oxygens (including phenoxy) is 1. The molecule has 2 aromatic rings. The number of esters is 1. The van der Waals surface area contributed by atoms with Crippen LogP contribution in [0.25, 0.3) is 11.3 Å². The molecule has 0 spiro atoms. The summed E-state index contributed by atoms with van der Waals surface area (Å²) in [5, 5.41) is 10.9. The van der Waals surface area contributed by atoms with Crippen molar-refractivity contribution in [3.8, 4) is 11.3 Å². The van der Waals surface area contributed by atoms with Gasteiger partial charge in [-0.15, -0.1) is 0 Å². The molecule has 0 radical (unpaired) electrons. The van der Waals surface area contributed by atoms with Crippen LogP contribution < -0.4 is 0 Å². The smallest absolute Gasteiger partial charge is 0.354 e. The first-order valence-corrected chi connectivity index (χ1v) is 5.14. The van der Waals surface area contributed by atoms with E-state index in [1.165, 1.54) is 19.2 Å². The highest BCUT2D eigenvalue weighted by Gasteiger charge is 2.16. The van der Waals surface area contributed by atoms with Crippen LogP contribution in [-0.2, 0) is 4.74 Å². The van der Waals surface area contributed by atoms with Crippen molar-refractivity contribution in [2.24, 2.45) is 0 Å². The lowest BCUT2D eigenvalue weighted by molar-refractivity contribution is -0.384. The molecule has 0 aliphatic rings. The minimum Gasteiger partial charge on any atom is -0.464 e. The third kappa shape index (κ3) is 2.08. The molecule has 92 valence electrons. The number of nitrogens with zero attached hydrogens (tertiary/aromatic N) is 1.